The second-order valence-corrected chi connectivity index (χ2v) is 5.71. The highest BCUT2D eigenvalue weighted by Gasteiger charge is 2.17. The van der Waals surface area contributed by atoms with Crippen molar-refractivity contribution in [3.63, 3.8) is 0 Å². The smallest absolute Gasteiger partial charge is 0.163 e. The summed E-state index contributed by atoms with van der Waals surface area (Å²) in [7, 11) is 1.95. The first-order valence-electron chi connectivity index (χ1n) is 8.60. The molecular weight excluding hydrogens is 326 g/mol. The first kappa shape index (κ1) is 17.6. The molecule has 0 N–H and O–H groups in total. The summed E-state index contributed by atoms with van der Waals surface area (Å²) in [5.74, 6) is 1.31. The minimum Gasteiger partial charge on any atom is -0.490 e. The third kappa shape index (κ3) is 3.27. The van der Waals surface area contributed by atoms with Gasteiger partial charge in [0.2, 0.25) is 0 Å². The minimum atomic E-state index is 0.510. The molecule has 26 heavy (non-hydrogen) atoms. The van der Waals surface area contributed by atoms with Crippen molar-refractivity contribution >= 4 is 22.3 Å². The summed E-state index contributed by atoms with van der Waals surface area (Å²) in [4.78, 5) is 6.45. The lowest BCUT2D eigenvalue weighted by Crippen LogP contribution is -2.12. The fourth-order valence-electron chi connectivity index (χ4n) is 2.95. The number of aromatic nitrogens is 1. The van der Waals surface area contributed by atoms with Crippen molar-refractivity contribution in [3.8, 4) is 17.6 Å². The van der Waals surface area contributed by atoms with Crippen LogP contribution in [0.5, 0.6) is 11.5 Å². The van der Waals surface area contributed by atoms with Gasteiger partial charge in [0.05, 0.1) is 30.0 Å². The van der Waals surface area contributed by atoms with Crippen LogP contribution in [0.25, 0.3) is 10.9 Å². The molecule has 1 aromatic heterocycles. The van der Waals surface area contributed by atoms with E-state index in [0.717, 1.165) is 22.3 Å². The van der Waals surface area contributed by atoms with Gasteiger partial charge in [-0.2, -0.15) is 5.26 Å². The second-order valence-electron chi connectivity index (χ2n) is 5.71. The molecule has 0 aliphatic rings. The molecule has 0 fully saturated rings. The number of nitriles is 1. The summed E-state index contributed by atoms with van der Waals surface area (Å²) < 4.78 is 11.5. The number of fused-ring (bicyclic) bond motifs is 1. The SMILES string of the molecule is CCOc1cc2ncc(C#N)c(N(C)c3ccccc3)c2cc1OCC. The van der Waals surface area contributed by atoms with Gasteiger partial charge >= 0.3 is 0 Å². The molecule has 0 amide bonds. The van der Waals surface area contributed by atoms with E-state index in [1.807, 2.05) is 68.3 Å². The van der Waals surface area contributed by atoms with Gasteiger partial charge < -0.3 is 14.4 Å². The summed E-state index contributed by atoms with van der Waals surface area (Å²) in [5, 5.41) is 10.5. The Kier molecular flexibility index (Phi) is 5.23. The van der Waals surface area contributed by atoms with Crippen LogP contribution in [0.3, 0.4) is 0 Å². The van der Waals surface area contributed by atoms with Gasteiger partial charge in [0.1, 0.15) is 6.07 Å². The first-order valence-corrected chi connectivity index (χ1v) is 8.60. The maximum absolute atomic E-state index is 9.61. The van der Waals surface area contributed by atoms with Crippen LogP contribution in [0.2, 0.25) is 0 Å². The van der Waals surface area contributed by atoms with E-state index < -0.39 is 0 Å². The number of rotatable bonds is 6. The Morgan fingerprint density at radius 1 is 1.04 bits per heavy atom. The Morgan fingerprint density at radius 2 is 1.69 bits per heavy atom. The van der Waals surface area contributed by atoms with E-state index in [1.54, 1.807) is 6.20 Å². The van der Waals surface area contributed by atoms with Crippen LogP contribution in [0.15, 0.2) is 48.7 Å². The predicted octanol–water partition coefficient (Wildman–Crippen LogP) is 4.67. The van der Waals surface area contributed by atoms with Gasteiger partial charge in [0, 0.05) is 30.4 Å². The number of pyridine rings is 1. The van der Waals surface area contributed by atoms with Crippen molar-refractivity contribution in [1.82, 2.24) is 4.98 Å². The van der Waals surface area contributed by atoms with Gasteiger partial charge in [-0.3, -0.25) is 4.98 Å². The summed E-state index contributed by atoms with van der Waals surface area (Å²) >= 11 is 0. The molecule has 2 aromatic carbocycles. The van der Waals surface area contributed by atoms with Gasteiger partial charge in [0.15, 0.2) is 11.5 Å². The maximum Gasteiger partial charge on any atom is 0.163 e. The van der Waals surface area contributed by atoms with Crippen LogP contribution in [0.4, 0.5) is 11.4 Å². The van der Waals surface area contributed by atoms with E-state index in [1.165, 1.54) is 0 Å². The van der Waals surface area contributed by atoms with Crippen LogP contribution < -0.4 is 14.4 Å². The van der Waals surface area contributed by atoms with E-state index in [2.05, 4.69) is 11.1 Å². The Labute approximate surface area is 153 Å². The highest BCUT2D eigenvalue weighted by molar-refractivity contribution is 5.98. The maximum atomic E-state index is 9.61. The molecule has 0 saturated heterocycles. The predicted molar refractivity (Wildman–Crippen MR) is 103 cm³/mol. The van der Waals surface area contributed by atoms with Crippen LogP contribution in [-0.2, 0) is 0 Å². The average Bonchev–Trinajstić information content (AvgIpc) is 2.68. The molecule has 132 valence electrons. The zero-order valence-electron chi connectivity index (χ0n) is 15.2. The zero-order valence-corrected chi connectivity index (χ0v) is 15.2. The number of hydrogen-bond acceptors (Lipinski definition) is 5. The molecule has 5 nitrogen and oxygen atoms in total. The molecule has 1 heterocycles. The van der Waals surface area contributed by atoms with E-state index >= 15 is 0 Å². The molecule has 0 atom stereocenters. The molecule has 0 unspecified atom stereocenters. The van der Waals surface area contributed by atoms with Crippen molar-refractivity contribution in [1.29, 1.82) is 5.26 Å². The molecule has 0 aliphatic heterocycles. The Balaban J connectivity index is 2.25. The molecule has 5 heteroatoms. The monoisotopic (exact) mass is 347 g/mol. The molecule has 0 aliphatic carbocycles. The summed E-state index contributed by atoms with van der Waals surface area (Å²) in [6, 6.07) is 16.0. The lowest BCUT2D eigenvalue weighted by molar-refractivity contribution is 0.288. The third-order valence-corrected chi connectivity index (χ3v) is 4.10. The molecule has 0 spiro atoms. The first-order chi connectivity index (χ1) is 12.7. The van der Waals surface area contributed by atoms with Gasteiger partial charge in [-0.15, -0.1) is 0 Å². The molecular formula is C21H21N3O2. The number of benzene rings is 2. The largest absolute Gasteiger partial charge is 0.490 e. The fraction of sp³-hybridized carbons (Fsp3) is 0.238. The highest BCUT2D eigenvalue weighted by Crippen LogP contribution is 2.39. The molecule has 3 aromatic rings. The Hall–Kier alpha value is -3.26. The topological polar surface area (TPSA) is 58.4 Å². The summed E-state index contributed by atoms with van der Waals surface area (Å²) in [6.45, 7) is 4.93. The normalized spacial score (nSPS) is 10.4. The second kappa shape index (κ2) is 7.75. The van der Waals surface area contributed by atoms with Gasteiger partial charge in [-0.1, -0.05) is 18.2 Å². The van der Waals surface area contributed by atoms with Crippen LogP contribution in [-0.4, -0.2) is 25.2 Å². The number of nitrogens with zero attached hydrogens (tertiary/aromatic N) is 3. The molecule has 0 bridgehead atoms. The van der Waals surface area contributed by atoms with E-state index in [0.29, 0.717) is 30.3 Å². The zero-order chi connectivity index (χ0) is 18.5. The van der Waals surface area contributed by atoms with Crippen LogP contribution in [0, 0.1) is 11.3 Å². The molecule has 0 radical (unpaired) electrons. The highest BCUT2D eigenvalue weighted by atomic mass is 16.5. The van der Waals surface area contributed by atoms with E-state index in [9.17, 15) is 5.26 Å². The van der Waals surface area contributed by atoms with Crippen molar-refractivity contribution < 1.29 is 9.47 Å². The Bertz CT molecular complexity index is 949. The number of para-hydroxylation sites is 1. The number of hydrogen-bond donors (Lipinski definition) is 0. The third-order valence-electron chi connectivity index (χ3n) is 4.10. The lowest BCUT2D eigenvalue weighted by Gasteiger charge is -2.23. The van der Waals surface area contributed by atoms with Crippen molar-refractivity contribution in [2.75, 3.05) is 25.2 Å². The number of anilines is 2. The minimum absolute atomic E-state index is 0.510. The van der Waals surface area contributed by atoms with Crippen molar-refractivity contribution in [3.05, 3.63) is 54.2 Å². The van der Waals surface area contributed by atoms with E-state index in [-0.39, 0.29) is 0 Å². The fourth-order valence-corrected chi connectivity index (χ4v) is 2.95. The quantitative estimate of drug-likeness (QED) is 0.648. The Morgan fingerprint density at radius 3 is 2.31 bits per heavy atom. The average molecular weight is 347 g/mol. The van der Waals surface area contributed by atoms with Gasteiger partial charge in [0.25, 0.3) is 0 Å². The number of ether oxygens (including phenoxy) is 2. The molecule has 0 saturated carbocycles. The standard InChI is InChI=1S/C21H21N3O2/c1-4-25-19-11-17-18(12-20(19)26-5-2)23-14-15(13-22)21(17)24(3)16-9-7-6-8-10-16/h6-12,14H,4-5H2,1-3H3. The van der Waals surface area contributed by atoms with Crippen molar-refractivity contribution in [2.24, 2.45) is 0 Å². The van der Waals surface area contributed by atoms with Gasteiger partial charge in [-0.25, -0.2) is 0 Å². The molecule has 3 rings (SSSR count). The van der Waals surface area contributed by atoms with Gasteiger partial charge in [-0.05, 0) is 32.0 Å². The van der Waals surface area contributed by atoms with Crippen LogP contribution in [0.1, 0.15) is 19.4 Å². The van der Waals surface area contributed by atoms with E-state index in [4.69, 9.17) is 9.47 Å². The van der Waals surface area contributed by atoms with Crippen molar-refractivity contribution in [2.45, 2.75) is 13.8 Å². The lowest BCUT2D eigenvalue weighted by atomic mass is 10.1. The summed E-state index contributed by atoms with van der Waals surface area (Å²) in [5.41, 5.74) is 3.06. The summed E-state index contributed by atoms with van der Waals surface area (Å²) in [6.07, 6.45) is 1.60. The van der Waals surface area contributed by atoms with Crippen LogP contribution >= 0.6 is 0 Å².